The van der Waals surface area contributed by atoms with Crippen molar-refractivity contribution in [2.45, 2.75) is 85.0 Å². The van der Waals surface area contributed by atoms with Crippen molar-refractivity contribution in [1.82, 2.24) is 9.55 Å². The number of rotatable bonds is 10. The van der Waals surface area contributed by atoms with Gasteiger partial charge in [0.05, 0.1) is 24.1 Å². The third-order valence-corrected chi connectivity index (χ3v) is 8.32. The summed E-state index contributed by atoms with van der Waals surface area (Å²) in [5.74, 6) is 0.601. The number of benzene rings is 3. The number of hydrogen-bond acceptors (Lipinski definition) is 4. The van der Waals surface area contributed by atoms with Crippen molar-refractivity contribution in [3.05, 3.63) is 101 Å². The van der Waals surface area contributed by atoms with E-state index in [1.165, 1.54) is 12.1 Å². The van der Waals surface area contributed by atoms with Gasteiger partial charge in [0.25, 0.3) is 5.91 Å². The van der Waals surface area contributed by atoms with Crippen molar-refractivity contribution in [2.75, 3.05) is 11.9 Å². The van der Waals surface area contributed by atoms with Crippen molar-refractivity contribution in [3.63, 3.8) is 0 Å². The predicted octanol–water partition coefficient (Wildman–Crippen LogP) is 8.54. The highest BCUT2D eigenvalue weighted by Crippen LogP contribution is 2.34. The first-order valence-electron chi connectivity index (χ1n) is 15.7. The highest BCUT2D eigenvalue weighted by molar-refractivity contribution is 6.06. The average Bonchev–Trinajstić information content (AvgIpc) is 3.39. The maximum absolute atomic E-state index is 14.3. The number of hydrogen-bond donors (Lipinski definition) is 1. The first kappa shape index (κ1) is 32.1. The molecule has 1 aromatic heterocycles. The van der Waals surface area contributed by atoms with Gasteiger partial charge in [-0.3, -0.25) is 9.79 Å². The lowest BCUT2D eigenvalue weighted by atomic mass is 9.93. The molecule has 1 aliphatic heterocycles. The number of aliphatic imine (C=N–C) groups is 1. The molecule has 8 heteroatoms. The molecule has 0 saturated heterocycles. The minimum absolute atomic E-state index is 0.147. The number of aryl methyl sites for hydroxylation is 3. The molecule has 0 radical (unpaired) electrons. The molecule has 2 heterocycles. The fourth-order valence-electron chi connectivity index (χ4n) is 5.95. The number of ether oxygens (including phenoxy) is 1. The summed E-state index contributed by atoms with van der Waals surface area (Å²) in [6.07, 6.45) is 4.16. The quantitative estimate of drug-likeness (QED) is 0.195. The number of nitrogens with zero attached hydrogens (tertiary/aromatic N) is 3. The Balaban J connectivity index is 1.47. The summed E-state index contributed by atoms with van der Waals surface area (Å²) in [4.78, 5) is 23.0. The van der Waals surface area contributed by atoms with Crippen molar-refractivity contribution in [2.24, 2.45) is 4.99 Å². The number of fused-ring (bicyclic) bond motifs is 1. The number of imidazole rings is 1. The summed E-state index contributed by atoms with van der Waals surface area (Å²) in [6.45, 7) is 11.9. The molecular weight excluding hydrogens is 570 g/mol. The fourth-order valence-corrected chi connectivity index (χ4v) is 5.95. The van der Waals surface area contributed by atoms with Gasteiger partial charge in [0, 0.05) is 42.3 Å². The maximum atomic E-state index is 14.3. The van der Waals surface area contributed by atoms with Gasteiger partial charge in [0.15, 0.2) is 5.82 Å². The molecule has 0 bridgehead atoms. The van der Waals surface area contributed by atoms with E-state index in [9.17, 15) is 13.6 Å². The number of aromatic nitrogens is 2. The minimum atomic E-state index is -1.34. The Morgan fingerprint density at radius 2 is 1.80 bits per heavy atom. The summed E-state index contributed by atoms with van der Waals surface area (Å²) in [5, 5.41) is 3.17. The van der Waals surface area contributed by atoms with E-state index in [1.807, 2.05) is 38.1 Å². The third kappa shape index (κ3) is 7.32. The number of para-hydroxylation sites is 1. The summed E-state index contributed by atoms with van der Waals surface area (Å²) >= 11 is 0. The molecule has 1 aliphatic rings. The molecule has 236 valence electrons. The first-order valence-corrected chi connectivity index (χ1v) is 15.7. The number of nitrogens with one attached hydrogen (secondary N) is 1. The molecule has 6 nitrogen and oxygen atoms in total. The van der Waals surface area contributed by atoms with Gasteiger partial charge in [-0.2, -0.15) is 0 Å². The molecule has 0 aliphatic carbocycles. The highest BCUT2D eigenvalue weighted by atomic mass is 19.1. The van der Waals surface area contributed by atoms with Crippen LogP contribution in [-0.4, -0.2) is 39.0 Å². The number of amides is 1. The molecule has 0 spiro atoms. The van der Waals surface area contributed by atoms with Crippen LogP contribution in [0, 0.1) is 12.7 Å². The zero-order chi connectivity index (χ0) is 32.4. The van der Waals surface area contributed by atoms with E-state index in [1.54, 1.807) is 32.2 Å². The van der Waals surface area contributed by atoms with Crippen LogP contribution in [0.1, 0.15) is 80.3 Å². The molecular formula is C37H42F2N4O2. The third-order valence-electron chi connectivity index (χ3n) is 8.32. The lowest BCUT2D eigenvalue weighted by molar-refractivity contribution is 0.0718. The van der Waals surface area contributed by atoms with Crippen molar-refractivity contribution >= 4 is 17.3 Å². The topological polar surface area (TPSA) is 68.5 Å². The Morgan fingerprint density at radius 3 is 2.44 bits per heavy atom. The van der Waals surface area contributed by atoms with Crippen LogP contribution in [0.15, 0.2) is 71.9 Å². The van der Waals surface area contributed by atoms with E-state index < -0.39 is 11.3 Å². The SMILES string of the molecule is CCc1cccc(CC)c1NC(=O)c1ccc(-c2cnc3n2CC(C)(Oc2cccc(F)c2)CC3=NCCC(C)(C)F)cc1C. The van der Waals surface area contributed by atoms with Gasteiger partial charge in [-0.05, 0) is 81.5 Å². The Kier molecular flexibility index (Phi) is 9.23. The second-order valence-corrected chi connectivity index (χ2v) is 12.7. The van der Waals surface area contributed by atoms with Crippen LogP contribution < -0.4 is 10.1 Å². The van der Waals surface area contributed by atoms with Gasteiger partial charge in [0.1, 0.15) is 22.8 Å². The van der Waals surface area contributed by atoms with Crippen LogP contribution in [0.2, 0.25) is 0 Å². The lowest BCUT2D eigenvalue weighted by Gasteiger charge is -2.36. The normalized spacial score (nSPS) is 17.3. The monoisotopic (exact) mass is 612 g/mol. The molecule has 5 rings (SSSR count). The van der Waals surface area contributed by atoms with Crippen LogP contribution in [0.25, 0.3) is 11.3 Å². The van der Waals surface area contributed by atoms with Gasteiger partial charge in [0.2, 0.25) is 0 Å². The molecule has 0 fully saturated rings. The number of anilines is 1. The Labute approximate surface area is 264 Å². The van der Waals surface area contributed by atoms with Gasteiger partial charge >= 0.3 is 0 Å². The first-order chi connectivity index (χ1) is 21.4. The lowest BCUT2D eigenvalue weighted by Crippen LogP contribution is -2.45. The molecule has 1 atom stereocenters. The number of halogens is 2. The van der Waals surface area contributed by atoms with Gasteiger partial charge < -0.3 is 14.6 Å². The molecule has 45 heavy (non-hydrogen) atoms. The number of carbonyl (C=O) groups excluding carboxylic acids is 1. The molecule has 0 saturated carbocycles. The summed E-state index contributed by atoms with van der Waals surface area (Å²) in [5.41, 5.74) is 4.88. The maximum Gasteiger partial charge on any atom is 0.255 e. The standard InChI is InChI=1S/C37H42F2N4O2/c1-7-25-11-9-12-26(8-2)33(25)42-35(44)30-16-15-27(19-24(30)3)32-22-41-34-31(40-18-17-36(4,5)39)21-37(6,23-43(32)34)45-29-14-10-13-28(38)20-29/h9-16,19-20,22H,7-8,17-18,21,23H2,1-6H3,(H,42,44). The van der Waals surface area contributed by atoms with E-state index in [4.69, 9.17) is 14.7 Å². The van der Waals surface area contributed by atoms with Crippen LogP contribution >= 0.6 is 0 Å². The van der Waals surface area contributed by atoms with Crippen molar-refractivity contribution in [1.29, 1.82) is 0 Å². The average molecular weight is 613 g/mol. The molecule has 4 aromatic rings. The number of alkyl halides is 1. The van der Waals surface area contributed by atoms with Gasteiger partial charge in [-0.25, -0.2) is 13.8 Å². The van der Waals surface area contributed by atoms with E-state index in [2.05, 4.69) is 35.9 Å². The number of carbonyl (C=O) groups is 1. The van der Waals surface area contributed by atoms with Crippen molar-refractivity contribution in [3.8, 4) is 17.0 Å². The molecule has 1 unspecified atom stereocenters. The zero-order valence-corrected chi connectivity index (χ0v) is 27.0. The highest BCUT2D eigenvalue weighted by Gasteiger charge is 2.38. The van der Waals surface area contributed by atoms with Gasteiger partial charge in [-0.1, -0.05) is 44.2 Å². The summed E-state index contributed by atoms with van der Waals surface area (Å²) in [7, 11) is 0. The second-order valence-electron chi connectivity index (χ2n) is 12.7. The van der Waals surface area contributed by atoms with E-state index >= 15 is 0 Å². The van der Waals surface area contributed by atoms with E-state index in [0.717, 1.165) is 46.5 Å². The molecule has 1 amide bonds. The smallest absolute Gasteiger partial charge is 0.255 e. The summed E-state index contributed by atoms with van der Waals surface area (Å²) in [6, 6.07) is 18.0. The van der Waals surface area contributed by atoms with Crippen molar-refractivity contribution < 1.29 is 18.3 Å². The minimum Gasteiger partial charge on any atom is -0.485 e. The summed E-state index contributed by atoms with van der Waals surface area (Å²) < 4.78 is 36.8. The Morgan fingerprint density at radius 1 is 1.09 bits per heavy atom. The van der Waals surface area contributed by atoms with Crippen LogP contribution in [0.3, 0.4) is 0 Å². The van der Waals surface area contributed by atoms with Crippen LogP contribution in [-0.2, 0) is 19.4 Å². The molecule has 1 N–H and O–H groups in total. The zero-order valence-electron chi connectivity index (χ0n) is 27.0. The van der Waals surface area contributed by atoms with E-state index in [0.29, 0.717) is 42.4 Å². The Hall–Kier alpha value is -4.33. The fraction of sp³-hybridized carbons (Fsp3) is 0.378. The van der Waals surface area contributed by atoms with Gasteiger partial charge in [-0.15, -0.1) is 0 Å². The predicted molar refractivity (Wildman–Crippen MR) is 177 cm³/mol. The second kappa shape index (κ2) is 13.0. The largest absolute Gasteiger partial charge is 0.485 e. The molecule has 3 aromatic carbocycles. The van der Waals surface area contributed by atoms with Crippen LogP contribution in [0.4, 0.5) is 14.5 Å². The van der Waals surface area contributed by atoms with E-state index in [-0.39, 0.29) is 18.1 Å². The Bertz CT molecular complexity index is 1710. The van der Waals surface area contributed by atoms with Crippen LogP contribution in [0.5, 0.6) is 5.75 Å².